The molecule has 0 N–H and O–H groups in total. The smallest absolute Gasteiger partial charge is 0.302 e. The highest BCUT2D eigenvalue weighted by molar-refractivity contribution is 5.65. The van der Waals surface area contributed by atoms with E-state index in [9.17, 15) is 4.79 Å². The highest BCUT2D eigenvalue weighted by atomic mass is 16.5. The van der Waals surface area contributed by atoms with E-state index in [2.05, 4.69) is 19.9 Å². The van der Waals surface area contributed by atoms with Gasteiger partial charge in [-0.2, -0.15) is 0 Å². The quantitative estimate of drug-likeness (QED) is 0.541. The lowest BCUT2D eigenvalue weighted by atomic mass is 9.52. The second kappa shape index (κ2) is 4.23. The van der Waals surface area contributed by atoms with Gasteiger partial charge < -0.3 is 4.74 Å². The van der Waals surface area contributed by atoms with Gasteiger partial charge in [0.2, 0.25) is 0 Å². The van der Waals surface area contributed by atoms with Gasteiger partial charge in [-0.1, -0.05) is 25.5 Å². The van der Waals surface area contributed by atoms with E-state index >= 15 is 0 Å². The molecular formula is C14H22O2. The fraction of sp³-hybridized carbons (Fsp3) is 0.786. The van der Waals surface area contributed by atoms with Crippen molar-refractivity contribution in [3.05, 3.63) is 11.6 Å². The second-order valence-electron chi connectivity index (χ2n) is 5.75. The Balaban J connectivity index is 1.93. The van der Waals surface area contributed by atoms with Crippen molar-refractivity contribution in [2.75, 3.05) is 6.61 Å². The predicted molar refractivity (Wildman–Crippen MR) is 63.9 cm³/mol. The number of fused-ring (bicyclic) bond motifs is 2. The standard InChI is InChI=1S/C14H22O2/c1-10(15)16-8-7-11-5-4-6-12-9-13(11)14(12,2)3/h5,12-13H,4,6-9H2,1-3H3. The van der Waals surface area contributed by atoms with Crippen molar-refractivity contribution < 1.29 is 9.53 Å². The van der Waals surface area contributed by atoms with E-state index < -0.39 is 0 Å². The van der Waals surface area contributed by atoms with E-state index in [-0.39, 0.29) is 5.97 Å². The van der Waals surface area contributed by atoms with Gasteiger partial charge in [0.1, 0.15) is 0 Å². The summed E-state index contributed by atoms with van der Waals surface area (Å²) in [5, 5.41) is 0. The summed E-state index contributed by atoms with van der Waals surface area (Å²) in [6, 6.07) is 0. The average molecular weight is 222 g/mol. The maximum Gasteiger partial charge on any atom is 0.302 e. The van der Waals surface area contributed by atoms with Crippen LogP contribution in [0.25, 0.3) is 0 Å². The monoisotopic (exact) mass is 222 g/mol. The Bertz CT molecular complexity index is 315. The van der Waals surface area contributed by atoms with Crippen LogP contribution in [0.2, 0.25) is 0 Å². The van der Waals surface area contributed by atoms with Crippen molar-refractivity contribution in [3.8, 4) is 0 Å². The van der Waals surface area contributed by atoms with E-state index in [4.69, 9.17) is 4.74 Å². The fourth-order valence-corrected chi connectivity index (χ4v) is 3.34. The van der Waals surface area contributed by atoms with Crippen molar-refractivity contribution >= 4 is 5.97 Å². The molecule has 0 aliphatic heterocycles. The number of carbonyl (C=O) groups excluding carboxylic acids is 1. The van der Waals surface area contributed by atoms with Gasteiger partial charge in [0.25, 0.3) is 0 Å². The van der Waals surface area contributed by atoms with E-state index in [1.54, 1.807) is 0 Å². The van der Waals surface area contributed by atoms with Crippen LogP contribution in [0.15, 0.2) is 11.6 Å². The molecule has 90 valence electrons. The molecule has 3 aliphatic carbocycles. The Kier molecular flexibility index (Phi) is 3.09. The summed E-state index contributed by atoms with van der Waals surface area (Å²) in [4.78, 5) is 10.7. The molecule has 0 radical (unpaired) electrons. The highest BCUT2D eigenvalue weighted by Gasteiger charge is 2.49. The molecule has 0 amide bonds. The lowest BCUT2D eigenvalue weighted by Crippen LogP contribution is -2.44. The largest absolute Gasteiger partial charge is 0.466 e. The maximum atomic E-state index is 10.7. The average Bonchev–Trinajstić information content (AvgIpc) is 2.47. The number of allylic oxidation sites excluding steroid dienone is 1. The topological polar surface area (TPSA) is 26.3 Å². The van der Waals surface area contributed by atoms with Crippen LogP contribution in [0.4, 0.5) is 0 Å². The maximum absolute atomic E-state index is 10.7. The molecule has 0 spiro atoms. The van der Waals surface area contributed by atoms with Gasteiger partial charge in [0.05, 0.1) is 6.61 Å². The third-order valence-corrected chi connectivity index (χ3v) is 4.54. The zero-order valence-corrected chi connectivity index (χ0v) is 10.6. The number of rotatable bonds is 3. The predicted octanol–water partition coefficient (Wildman–Crippen LogP) is 3.32. The Hall–Kier alpha value is -0.790. The minimum atomic E-state index is -0.167. The molecule has 3 rings (SSSR count). The van der Waals surface area contributed by atoms with E-state index in [1.807, 2.05) is 0 Å². The fourth-order valence-electron chi connectivity index (χ4n) is 3.34. The Labute approximate surface area is 98.1 Å². The summed E-state index contributed by atoms with van der Waals surface area (Å²) < 4.78 is 5.04. The molecule has 2 bridgehead atoms. The number of hydrogen-bond acceptors (Lipinski definition) is 2. The van der Waals surface area contributed by atoms with Gasteiger partial charge in [0, 0.05) is 13.3 Å². The van der Waals surface area contributed by atoms with Gasteiger partial charge in [0.15, 0.2) is 0 Å². The summed E-state index contributed by atoms with van der Waals surface area (Å²) in [7, 11) is 0. The van der Waals surface area contributed by atoms with Crippen LogP contribution in [0.1, 0.15) is 46.5 Å². The van der Waals surface area contributed by atoms with Crippen LogP contribution < -0.4 is 0 Å². The van der Waals surface area contributed by atoms with Gasteiger partial charge in [-0.25, -0.2) is 0 Å². The number of carbonyl (C=O) groups is 1. The van der Waals surface area contributed by atoms with Crippen molar-refractivity contribution in [1.82, 2.24) is 0 Å². The van der Waals surface area contributed by atoms with E-state index in [0.717, 1.165) is 18.3 Å². The van der Waals surface area contributed by atoms with Crippen LogP contribution >= 0.6 is 0 Å². The first-order chi connectivity index (χ1) is 7.51. The third-order valence-electron chi connectivity index (χ3n) is 4.54. The zero-order valence-electron chi connectivity index (χ0n) is 10.6. The molecule has 1 fully saturated rings. The molecular weight excluding hydrogens is 200 g/mol. The molecule has 16 heavy (non-hydrogen) atoms. The molecule has 1 saturated carbocycles. The van der Waals surface area contributed by atoms with Gasteiger partial charge in [-0.3, -0.25) is 4.79 Å². The van der Waals surface area contributed by atoms with Crippen LogP contribution in [-0.2, 0) is 9.53 Å². The number of esters is 1. The summed E-state index contributed by atoms with van der Waals surface area (Å²) in [5.74, 6) is 1.47. The van der Waals surface area contributed by atoms with Crippen LogP contribution in [0.3, 0.4) is 0 Å². The molecule has 0 aromatic heterocycles. The minimum absolute atomic E-state index is 0.167. The van der Waals surface area contributed by atoms with Crippen LogP contribution in [0.5, 0.6) is 0 Å². The Morgan fingerprint density at radius 3 is 2.94 bits per heavy atom. The summed E-state index contributed by atoms with van der Waals surface area (Å²) >= 11 is 0. The van der Waals surface area contributed by atoms with Crippen molar-refractivity contribution in [2.45, 2.75) is 46.5 Å². The number of ether oxygens (including phenoxy) is 1. The molecule has 0 aromatic carbocycles. The first-order valence-electron chi connectivity index (χ1n) is 6.34. The Morgan fingerprint density at radius 1 is 1.56 bits per heavy atom. The Morgan fingerprint density at radius 2 is 2.31 bits per heavy atom. The summed E-state index contributed by atoms with van der Waals surface area (Å²) in [5.41, 5.74) is 2.00. The van der Waals surface area contributed by atoms with Crippen molar-refractivity contribution in [1.29, 1.82) is 0 Å². The highest BCUT2D eigenvalue weighted by Crippen LogP contribution is 2.58. The van der Waals surface area contributed by atoms with Crippen LogP contribution in [-0.4, -0.2) is 12.6 Å². The van der Waals surface area contributed by atoms with Gasteiger partial charge in [-0.15, -0.1) is 0 Å². The van der Waals surface area contributed by atoms with Crippen molar-refractivity contribution in [3.63, 3.8) is 0 Å². The second-order valence-corrected chi connectivity index (χ2v) is 5.75. The third kappa shape index (κ3) is 2.02. The normalized spacial score (nSPS) is 31.1. The van der Waals surface area contributed by atoms with Crippen LogP contribution in [0, 0.1) is 17.3 Å². The van der Waals surface area contributed by atoms with E-state index in [0.29, 0.717) is 12.0 Å². The molecule has 3 aliphatic rings. The van der Waals surface area contributed by atoms with Gasteiger partial charge >= 0.3 is 5.97 Å². The molecule has 2 heteroatoms. The molecule has 2 atom stereocenters. The molecule has 0 saturated heterocycles. The molecule has 2 nitrogen and oxygen atoms in total. The first kappa shape index (κ1) is 11.7. The first-order valence-corrected chi connectivity index (χ1v) is 6.34. The van der Waals surface area contributed by atoms with E-state index in [1.165, 1.54) is 31.8 Å². The summed E-state index contributed by atoms with van der Waals surface area (Å²) in [6.45, 7) is 6.80. The van der Waals surface area contributed by atoms with Crippen molar-refractivity contribution in [2.24, 2.45) is 17.3 Å². The molecule has 2 unspecified atom stereocenters. The molecule has 0 aromatic rings. The lowest BCUT2D eigenvalue weighted by Gasteiger charge is -2.52. The van der Waals surface area contributed by atoms with Gasteiger partial charge in [-0.05, 0) is 36.5 Å². The SMILES string of the molecule is CC(=O)OCCC1=CCCC2CC1C2(C)C. The lowest BCUT2D eigenvalue weighted by molar-refractivity contribution is -0.140. The summed E-state index contributed by atoms with van der Waals surface area (Å²) in [6.07, 6.45) is 7.21. The molecule has 0 heterocycles. The minimum Gasteiger partial charge on any atom is -0.466 e. The number of hydrogen-bond donors (Lipinski definition) is 0. The zero-order chi connectivity index (χ0) is 11.8.